The molecule has 0 atom stereocenters. The van der Waals surface area contributed by atoms with Gasteiger partial charge in [0.15, 0.2) is 11.5 Å². The van der Waals surface area contributed by atoms with Crippen LogP contribution in [0.25, 0.3) is 0 Å². The second-order valence-corrected chi connectivity index (χ2v) is 3.68. The Bertz CT molecular complexity index is 393. The Morgan fingerprint density at radius 3 is 3.00 bits per heavy atom. The molecule has 0 spiro atoms. The van der Waals surface area contributed by atoms with E-state index < -0.39 is 0 Å². The largest absolute Gasteiger partial charge is 0.454 e. The summed E-state index contributed by atoms with van der Waals surface area (Å²) in [5.41, 5.74) is 2.25. The predicted octanol–water partition coefficient (Wildman–Crippen LogP) is 3.15. The van der Waals surface area contributed by atoms with E-state index in [-0.39, 0.29) is 6.79 Å². The molecule has 1 aliphatic rings. The molecule has 0 saturated carbocycles. The molecule has 1 N–H and O–H groups in total. The van der Waals surface area contributed by atoms with Crippen LogP contribution in [0.5, 0.6) is 11.5 Å². The third kappa shape index (κ3) is 2.49. The predicted molar refractivity (Wildman–Crippen MR) is 60.8 cm³/mol. The van der Waals surface area contributed by atoms with E-state index in [0.717, 1.165) is 17.2 Å². The minimum atomic E-state index is 0.279. The number of ether oxygens (including phenoxy) is 2. The second-order valence-electron chi connectivity index (χ2n) is 2.98. The highest BCUT2D eigenvalue weighted by Gasteiger charge is 2.12. The standard InChI is InChI=1S/C10H9Cl2NO2/c11-4-7(12)5-13-8-1-2-9-10(3-8)15-6-14-9/h1-4,13H,5-6H2. The van der Waals surface area contributed by atoms with Crippen molar-refractivity contribution in [1.82, 2.24) is 0 Å². The van der Waals surface area contributed by atoms with Crippen molar-refractivity contribution >= 4 is 28.9 Å². The van der Waals surface area contributed by atoms with Gasteiger partial charge in [0.05, 0.1) is 6.54 Å². The Morgan fingerprint density at radius 1 is 1.40 bits per heavy atom. The van der Waals surface area contributed by atoms with Gasteiger partial charge in [-0.25, -0.2) is 0 Å². The third-order valence-corrected chi connectivity index (χ3v) is 2.57. The normalized spacial score (nSPS) is 14.1. The maximum Gasteiger partial charge on any atom is 0.231 e. The second kappa shape index (κ2) is 4.64. The quantitative estimate of drug-likeness (QED) is 0.888. The fraction of sp³-hybridized carbons (Fsp3) is 0.200. The van der Waals surface area contributed by atoms with Crippen molar-refractivity contribution in [2.24, 2.45) is 0 Å². The Morgan fingerprint density at radius 2 is 2.20 bits per heavy atom. The molecule has 0 radical (unpaired) electrons. The summed E-state index contributed by atoms with van der Waals surface area (Å²) in [7, 11) is 0. The smallest absolute Gasteiger partial charge is 0.231 e. The number of fused-ring (bicyclic) bond motifs is 1. The zero-order valence-corrected chi connectivity index (χ0v) is 9.31. The minimum absolute atomic E-state index is 0.279. The highest BCUT2D eigenvalue weighted by atomic mass is 35.5. The summed E-state index contributed by atoms with van der Waals surface area (Å²) in [4.78, 5) is 0. The Labute approximate surface area is 97.6 Å². The molecule has 0 aromatic heterocycles. The molecule has 5 heteroatoms. The van der Waals surface area contributed by atoms with E-state index in [1.165, 1.54) is 5.54 Å². The zero-order chi connectivity index (χ0) is 10.7. The molecule has 0 bridgehead atoms. The summed E-state index contributed by atoms with van der Waals surface area (Å²) < 4.78 is 10.4. The molecule has 1 aromatic carbocycles. The number of hydrogen-bond acceptors (Lipinski definition) is 3. The maximum atomic E-state index is 5.74. The topological polar surface area (TPSA) is 30.5 Å². The molecule has 0 unspecified atom stereocenters. The molecule has 1 heterocycles. The van der Waals surface area contributed by atoms with E-state index >= 15 is 0 Å². The molecule has 0 saturated heterocycles. The van der Waals surface area contributed by atoms with Gasteiger partial charge < -0.3 is 14.8 Å². The van der Waals surface area contributed by atoms with Gasteiger partial charge in [-0.1, -0.05) is 23.2 Å². The molecule has 80 valence electrons. The van der Waals surface area contributed by atoms with E-state index in [9.17, 15) is 0 Å². The molecular weight excluding hydrogens is 237 g/mol. The van der Waals surface area contributed by atoms with Crippen molar-refractivity contribution in [2.75, 3.05) is 18.7 Å². The van der Waals surface area contributed by atoms with Gasteiger partial charge in [0, 0.05) is 22.3 Å². The summed E-state index contributed by atoms with van der Waals surface area (Å²) in [6, 6.07) is 5.61. The lowest BCUT2D eigenvalue weighted by Crippen LogP contribution is -2.00. The average Bonchev–Trinajstić information content (AvgIpc) is 2.72. The van der Waals surface area contributed by atoms with Crippen LogP contribution in [0.4, 0.5) is 5.69 Å². The molecule has 0 fully saturated rings. The molecular formula is C10H9Cl2NO2. The van der Waals surface area contributed by atoms with Gasteiger partial charge in [0.25, 0.3) is 0 Å². The van der Waals surface area contributed by atoms with E-state index in [1.54, 1.807) is 0 Å². The summed E-state index contributed by atoms with van der Waals surface area (Å²) in [6.45, 7) is 0.770. The van der Waals surface area contributed by atoms with Crippen LogP contribution in [-0.2, 0) is 0 Å². The Hall–Kier alpha value is -1.06. The number of nitrogens with one attached hydrogen (secondary N) is 1. The van der Waals surface area contributed by atoms with Gasteiger partial charge >= 0.3 is 0 Å². The van der Waals surface area contributed by atoms with E-state index in [1.807, 2.05) is 18.2 Å². The number of halogens is 2. The van der Waals surface area contributed by atoms with E-state index in [0.29, 0.717) is 11.6 Å². The fourth-order valence-electron chi connectivity index (χ4n) is 1.23. The van der Waals surface area contributed by atoms with Crippen LogP contribution in [0.2, 0.25) is 0 Å². The lowest BCUT2D eigenvalue weighted by Gasteiger charge is -2.05. The highest BCUT2D eigenvalue weighted by molar-refractivity contribution is 6.36. The first-order valence-corrected chi connectivity index (χ1v) is 5.19. The fourth-order valence-corrected chi connectivity index (χ4v) is 1.38. The molecule has 3 nitrogen and oxygen atoms in total. The summed E-state index contributed by atoms with van der Waals surface area (Å²) in [5.74, 6) is 1.51. The monoisotopic (exact) mass is 245 g/mol. The van der Waals surface area contributed by atoms with Crippen LogP contribution >= 0.6 is 23.2 Å². The van der Waals surface area contributed by atoms with Gasteiger partial charge in [-0.15, -0.1) is 0 Å². The molecule has 15 heavy (non-hydrogen) atoms. The maximum absolute atomic E-state index is 5.74. The SMILES string of the molecule is ClC=C(Cl)CNc1ccc2c(c1)OCO2. The number of rotatable bonds is 3. The van der Waals surface area contributed by atoms with Gasteiger partial charge in [-0.2, -0.15) is 0 Å². The minimum Gasteiger partial charge on any atom is -0.454 e. The van der Waals surface area contributed by atoms with Crippen LogP contribution < -0.4 is 14.8 Å². The van der Waals surface area contributed by atoms with Crippen LogP contribution in [0.15, 0.2) is 28.8 Å². The third-order valence-electron chi connectivity index (χ3n) is 1.95. The van der Waals surface area contributed by atoms with Crippen molar-refractivity contribution in [2.45, 2.75) is 0 Å². The highest BCUT2D eigenvalue weighted by Crippen LogP contribution is 2.34. The van der Waals surface area contributed by atoms with Crippen molar-refractivity contribution in [3.8, 4) is 11.5 Å². The molecule has 1 aliphatic heterocycles. The van der Waals surface area contributed by atoms with Crippen LogP contribution in [0, 0.1) is 0 Å². The first-order chi connectivity index (χ1) is 7.29. The number of hydrogen-bond donors (Lipinski definition) is 1. The summed E-state index contributed by atoms with van der Waals surface area (Å²) in [5, 5.41) is 3.66. The Kier molecular flexibility index (Phi) is 3.23. The zero-order valence-electron chi connectivity index (χ0n) is 7.80. The lowest BCUT2D eigenvalue weighted by atomic mass is 10.3. The number of benzene rings is 1. The van der Waals surface area contributed by atoms with Crippen molar-refractivity contribution in [3.63, 3.8) is 0 Å². The van der Waals surface area contributed by atoms with Crippen molar-refractivity contribution in [3.05, 3.63) is 28.8 Å². The Balaban J connectivity index is 2.04. The van der Waals surface area contributed by atoms with Crippen LogP contribution in [0.1, 0.15) is 0 Å². The average molecular weight is 246 g/mol. The first-order valence-electron chi connectivity index (χ1n) is 4.38. The van der Waals surface area contributed by atoms with Gasteiger partial charge in [-0.3, -0.25) is 0 Å². The molecule has 2 rings (SSSR count). The first kappa shape index (κ1) is 10.5. The summed E-state index contributed by atoms with van der Waals surface area (Å²) in [6.07, 6.45) is 0. The van der Waals surface area contributed by atoms with Crippen LogP contribution in [-0.4, -0.2) is 13.3 Å². The van der Waals surface area contributed by atoms with Gasteiger partial charge in [0.2, 0.25) is 6.79 Å². The van der Waals surface area contributed by atoms with Gasteiger partial charge in [0.1, 0.15) is 0 Å². The molecule has 0 amide bonds. The van der Waals surface area contributed by atoms with Crippen LogP contribution in [0.3, 0.4) is 0 Å². The molecule has 0 aliphatic carbocycles. The molecule has 1 aromatic rings. The summed E-state index contributed by atoms with van der Waals surface area (Å²) >= 11 is 11.2. The van der Waals surface area contributed by atoms with Crippen molar-refractivity contribution < 1.29 is 9.47 Å². The van der Waals surface area contributed by atoms with E-state index in [2.05, 4.69) is 5.32 Å². The van der Waals surface area contributed by atoms with E-state index in [4.69, 9.17) is 32.7 Å². The van der Waals surface area contributed by atoms with Gasteiger partial charge in [-0.05, 0) is 12.1 Å². The van der Waals surface area contributed by atoms with Crippen molar-refractivity contribution in [1.29, 1.82) is 0 Å². The lowest BCUT2D eigenvalue weighted by molar-refractivity contribution is 0.174. The number of anilines is 1.